The van der Waals surface area contributed by atoms with Crippen LogP contribution in [0.25, 0.3) is 0 Å². The molecule has 0 unspecified atom stereocenters. The van der Waals surface area contributed by atoms with Gasteiger partial charge in [0, 0.05) is 48.9 Å². The minimum atomic E-state index is -0.627. The summed E-state index contributed by atoms with van der Waals surface area (Å²) in [6.07, 6.45) is 8.92. The molecule has 4 nitrogen and oxygen atoms in total. The van der Waals surface area contributed by atoms with Crippen molar-refractivity contribution in [2.45, 2.75) is 75.6 Å². The van der Waals surface area contributed by atoms with Crippen LogP contribution in [0.15, 0.2) is 36.4 Å². The van der Waals surface area contributed by atoms with Gasteiger partial charge in [0.15, 0.2) is 0 Å². The van der Waals surface area contributed by atoms with Gasteiger partial charge in [-0.15, -0.1) is 0 Å². The Hall–Kier alpha value is -2.12. The fourth-order valence-corrected chi connectivity index (χ4v) is 5.73. The van der Waals surface area contributed by atoms with E-state index in [1.807, 2.05) is 0 Å². The monoisotopic (exact) mass is 502 g/mol. The van der Waals surface area contributed by atoms with Gasteiger partial charge in [0.25, 0.3) is 0 Å². The maximum absolute atomic E-state index is 13.7. The van der Waals surface area contributed by atoms with Crippen LogP contribution >= 0.6 is 12.6 Å². The molecule has 0 spiro atoms. The summed E-state index contributed by atoms with van der Waals surface area (Å²) in [6, 6.07) is 9.78. The Kier molecular flexibility index (Phi) is 9.06. The van der Waals surface area contributed by atoms with E-state index in [2.05, 4.69) is 28.8 Å². The molecular formula is C28H36F2N2O2S. The molecule has 0 bridgehead atoms. The minimum Gasteiger partial charge on any atom is -0.493 e. The van der Waals surface area contributed by atoms with Gasteiger partial charge in [-0.25, -0.2) is 8.78 Å². The summed E-state index contributed by atoms with van der Waals surface area (Å²) in [5.74, 6) is 0.238. The summed E-state index contributed by atoms with van der Waals surface area (Å²) >= 11 is 4.76. The van der Waals surface area contributed by atoms with Crippen molar-refractivity contribution in [1.29, 1.82) is 0 Å². The van der Waals surface area contributed by atoms with Crippen molar-refractivity contribution < 1.29 is 18.3 Å². The number of ether oxygens (including phenoxy) is 1. The first kappa shape index (κ1) is 26.0. The molecule has 2 aromatic rings. The average Bonchev–Trinajstić information content (AvgIpc) is 2.82. The fraction of sp³-hybridized carbons (Fsp3) is 0.536. The topological polar surface area (TPSA) is 50.4 Å². The molecular weight excluding hydrogens is 466 g/mol. The van der Waals surface area contributed by atoms with Crippen LogP contribution in [0.2, 0.25) is 0 Å². The number of carbonyl (C=O) groups excluding carboxylic acids is 1. The predicted molar refractivity (Wildman–Crippen MR) is 138 cm³/mol. The zero-order chi connectivity index (χ0) is 24.8. The van der Waals surface area contributed by atoms with Gasteiger partial charge in [0.2, 0.25) is 5.91 Å². The Balaban J connectivity index is 1.41. The van der Waals surface area contributed by atoms with Gasteiger partial charge in [-0.3, -0.25) is 4.79 Å². The standard InChI is InChI=1S/C28H36F2N2O2S/c1-18(33)32-26(15-21-12-22(29)16-23(30)13-21)28(35)17-31-25-9-10-34-27-8-7-20(14-24(25)27)11-19-5-3-2-4-6-19/h7-8,12-14,16,19,25-26,28,31,35H,2-6,9-11,15,17H2,1H3,(H,32,33)/t25-,26+,28-/m1/s1. The molecule has 2 aromatic carbocycles. The second-order valence-electron chi connectivity index (χ2n) is 10.0. The summed E-state index contributed by atoms with van der Waals surface area (Å²) in [5, 5.41) is 6.27. The van der Waals surface area contributed by atoms with Gasteiger partial charge in [-0.2, -0.15) is 12.6 Å². The van der Waals surface area contributed by atoms with Crippen molar-refractivity contribution in [3.8, 4) is 5.75 Å². The molecule has 2 N–H and O–H groups in total. The summed E-state index contributed by atoms with van der Waals surface area (Å²) in [4.78, 5) is 11.8. The number of benzene rings is 2. The number of amides is 1. The largest absolute Gasteiger partial charge is 0.493 e. The van der Waals surface area contributed by atoms with Crippen LogP contribution in [0.3, 0.4) is 0 Å². The van der Waals surface area contributed by atoms with Crippen molar-refractivity contribution in [3.05, 3.63) is 64.7 Å². The molecule has 3 atom stereocenters. The molecule has 1 heterocycles. The summed E-state index contributed by atoms with van der Waals surface area (Å²) in [6.45, 7) is 2.61. The second kappa shape index (κ2) is 12.2. The van der Waals surface area contributed by atoms with Crippen LogP contribution in [0.5, 0.6) is 5.75 Å². The van der Waals surface area contributed by atoms with Gasteiger partial charge >= 0.3 is 0 Å². The lowest BCUT2D eigenvalue weighted by Crippen LogP contribution is -2.46. The molecule has 35 heavy (non-hydrogen) atoms. The van der Waals surface area contributed by atoms with E-state index in [9.17, 15) is 13.6 Å². The Morgan fingerprint density at radius 1 is 1.06 bits per heavy atom. The van der Waals surface area contributed by atoms with Crippen LogP contribution in [0, 0.1) is 17.6 Å². The molecule has 1 amide bonds. The molecule has 1 saturated carbocycles. The zero-order valence-electron chi connectivity index (χ0n) is 20.4. The van der Waals surface area contributed by atoms with Gasteiger partial charge in [0.05, 0.1) is 6.61 Å². The molecule has 1 aliphatic carbocycles. The highest BCUT2D eigenvalue weighted by atomic mass is 32.1. The van der Waals surface area contributed by atoms with Crippen molar-refractivity contribution in [2.24, 2.45) is 5.92 Å². The van der Waals surface area contributed by atoms with Crippen LogP contribution in [0.1, 0.15) is 68.2 Å². The third kappa shape index (κ3) is 7.43. The summed E-state index contributed by atoms with van der Waals surface area (Å²) in [7, 11) is 0. The number of carbonyl (C=O) groups is 1. The van der Waals surface area contributed by atoms with Gasteiger partial charge in [0.1, 0.15) is 17.4 Å². The minimum absolute atomic E-state index is 0.129. The number of thiol groups is 1. The number of hydrogen-bond donors (Lipinski definition) is 3. The normalized spacial score (nSPS) is 19.9. The lowest BCUT2D eigenvalue weighted by Gasteiger charge is -2.31. The molecule has 0 radical (unpaired) electrons. The molecule has 1 fully saturated rings. The Labute approximate surface area is 212 Å². The van der Waals surface area contributed by atoms with Gasteiger partial charge < -0.3 is 15.4 Å². The zero-order valence-corrected chi connectivity index (χ0v) is 21.3. The van der Waals surface area contributed by atoms with E-state index in [1.165, 1.54) is 62.3 Å². The molecule has 190 valence electrons. The first-order valence-electron chi connectivity index (χ1n) is 12.8. The van der Waals surface area contributed by atoms with Crippen LogP contribution in [0.4, 0.5) is 8.78 Å². The van der Waals surface area contributed by atoms with E-state index in [0.717, 1.165) is 30.6 Å². The van der Waals surface area contributed by atoms with E-state index >= 15 is 0 Å². The average molecular weight is 503 g/mol. The van der Waals surface area contributed by atoms with Crippen LogP contribution in [-0.4, -0.2) is 30.4 Å². The molecule has 0 aromatic heterocycles. The number of fused-ring (bicyclic) bond motifs is 1. The van der Waals surface area contributed by atoms with E-state index in [0.29, 0.717) is 25.1 Å². The number of hydrogen-bond acceptors (Lipinski definition) is 4. The second-order valence-corrected chi connectivity index (χ2v) is 10.7. The maximum atomic E-state index is 13.7. The SMILES string of the molecule is CC(=O)N[C@@H](Cc1cc(F)cc(F)c1)[C@H](S)CN[C@@H]1CCOc2ccc(CC3CCCCC3)cc21. The van der Waals surface area contributed by atoms with E-state index in [1.54, 1.807) is 0 Å². The fourth-order valence-electron chi connectivity index (χ4n) is 5.44. The Morgan fingerprint density at radius 2 is 1.80 bits per heavy atom. The first-order chi connectivity index (χ1) is 16.9. The highest BCUT2D eigenvalue weighted by Crippen LogP contribution is 2.35. The van der Waals surface area contributed by atoms with E-state index in [4.69, 9.17) is 17.4 Å². The number of halogens is 2. The third-order valence-electron chi connectivity index (χ3n) is 7.17. The van der Waals surface area contributed by atoms with Crippen LogP contribution in [-0.2, 0) is 17.6 Å². The van der Waals surface area contributed by atoms with E-state index < -0.39 is 11.6 Å². The van der Waals surface area contributed by atoms with Crippen molar-refractivity contribution in [3.63, 3.8) is 0 Å². The summed E-state index contributed by atoms with van der Waals surface area (Å²) in [5.41, 5.74) is 3.03. The highest BCUT2D eigenvalue weighted by Gasteiger charge is 2.26. The molecule has 1 aliphatic heterocycles. The van der Waals surface area contributed by atoms with Gasteiger partial charge in [-0.05, 0) is 48.1 Å². The van der Waals surface area contributed by atoms with Crippen molar-refractivity contribution >= 4 is 18.5 Å². The van der Waals surface area contributed by atoms with Crippen LogP contribution < -0.4 is 15.4 Å². The Morgan fingerprint density at radius 3 is 2.51 bits per heavy atom. The van der Waals surface area contributed by atoms with Crippen molar-refractivity contribution in [2.75, 3.05) is 13.2 Å². The quantitative estimate of drug-likeness (QED) is 0.394. The van der Waals surface area contributed by atoms with Gasteiger partial charge in [-0.1, -0.05) is 44.2 Å². The Bertz CT molecular complexity index is 992. The number of rotatable bonds is 9. The lowest BCUT2D eigenvalue weighted by molar-refractivity contribution is -0.119. The van der Waals surface area contributed by atoms with E-state index in [-0.39, 0.29) is 23.2 Å². The molecule has 0 saturated heterocycles. The van der Waals surface area contributed by atoms with Crippen molar-refractivity contribution in [1.82, 2.24) is 10.6 Å². The maximum Gasteiger partial charge on any atom is 0.217 e. The lowest BCUT2D eigenvalue weighted by atomic mass is 9.84. The third-order valence-corrected chi connectivity index (χ3v) is 7.71. The summed E-state index contributed by atoms with van der Waals surface area (Å²) < 4.78 is 33.3. The predicted octanol–water partition coefficient (Wildman–Crippen LogP) is 5.55. The smallest absolute Gasteiger partial charge is 0.217 e. The molecule has 7 heteroatoms. The molecule has 2 aliphatic rings. The molecule has 4 rings (SSSR count). The highest BCUT2D eigenvalue weighted by molar-refractivity contribution is 7.81. The first-order valence-corrected chi connectivity index (χ1v) is 13.3. The number of nitrogens with one attached hydrogen (secondary N) is 2.